The van der Waals surface area contributed by atoms with Crippen LogP contribution in [0, 0.1) is 5.82 Å². The number of carbonyl (C=O) groups is 1. The summed E-state index contributed by atoms with van der Waals surface area (Å²) < 4.78 is 13.5. The fourth-order valence-electron chi connectivity index (χ4n) is 2.86. The van der Waals surface area contributed by atoms with Gasteiger partial charge in [-0.15, -0.1) is 0 Å². The van der Waals surface area contributed by atoms with Crippen molar-refractivity contribution < 1.29 is 14.3 Å². The van der Waals surface area contributed by atoms with Gasteiger partial charge in [-0.25, -0.2) is 9.18 Å². The Kier molecular flexibility index (Phi) is 5.70. The number of halogens is 1. The predicted molar refractivity (Wildman–Crippen MR) is 80.0 cm³/mol. The second kappa shape index (κ2) is 7.52. The van der Waals surface area contributed by atoms with E-state index >= 15 is 0 Å². The Morgan fingerprint density at radius 2 is 2.14 bits per heavy atom. The fourth-order valence-corrected chi connectivity index (χ4v) is 2.86. The fraction of sp³-hybridized carbons (Fsp3) is 0.562. The van der Waals surface area contributed by atoms with E-state index in [2.05, 4.69) is 17.3 Å². The molecule has 0 spiro atoms. The molecule has 0 atom stereocenters. The number of hydrogen-bond donors (Lipinski definition) is 2. The van der Waals surface area contributed by atoms with Gasteiger partial charge in [-0.3, -0.25) is 0 Å². The Morgan fingerprint density at radius 1 is 1.43 bits per heavy atom. The summed E-state index contributed by atoms with van der Waals surface area (Å²) in [6.07, 6.45) is 5.24. The van der Waals surface area contributed by atoms with Crippen LogP contribution in [0.2, 0.25) is 0 Å². The number of hydrogen-bond acceptors (Lipinski definition) is 3. The summed E-state index contributed by atoms with van der Waals surface area (Å²) in [5, 5.41) is 12.1. The van der Waals surface area contributed by atoms with E-state index in [0.717, 1.165) is 18.7 Å². The molecule has 2 N–H and O–H groups in total. The van der Waals surface area contributed by atoms with Crippen molar-refractivity contribution in [2.45, 2.75) is 38.3 Å². The summed E-state index contributed by atoms with van der Waals surface area (Å²) in [5.74, 6) is -1.91. The first-order valence-electron chi connectivity index (χ1n) is 7.50. The Labute approximate surface area is 125 Å². The van der Waals surface area contributed by atoms with Gasteiger partial charge >= 0.3 is 5.97 Å². The molecule has 1 aliphatic carbocycles. The first-order chi connectivity index (χ1) is 10.1. The molecule has 0 unspecified atom stereocenters. The minimum absolute atomic E-state index is 0.278. The van der Waals surface area contributed by atoms with Gasteiger partial charge in [0.25, 0.3) is 0 Å². The molecule has 21 heavy (non-hydrogen) atoms. The lowest BCUT2D eigenvalue weighted by atomic mass is 10.1. The van der Waals surface area contributed by atoms with Crippen molar-refractivity contribution in [1.29, 1.82) is 0 Å². The summed E-state index contributed by atoms with van der Waals surface area (Å²) in [6, 6.07) is 4.97. The molecule has 2 rings (SSSR count). The molecular weight excluding hydrogens is 271 g/mol. The van der Waals surface area contributed by atoms with Crippen molar-refractivity contribution in [3.63, 3.8) is 0 Å². The summed E-state index contributed by atoms with van der Waals surface area (Å²) in [5.41, 5.74) is 0.487. The van der Waals surface area contributed by atoms with Gasteiger partial charge in [0.2, 0.25) is 0 Å². The maximum absolute atomic E-state index is 13.5. The van der Waals surface area contributed by atoms with Gasteiger partial charge in [-0.1, -0.05) is 18.9 Å². The van der Waals surface area contributed by atoms with E-state index < -0.39 is 11.8 Å². The number of rotatable bonds is 7. The molecule has 4 nitrogen and oxygen atoms in total. The highest BCUT2D eigenvalue weighted by Gasteiger charge is 2.18. The average Bonchev–Trinajstić information content (AvgIpc) is 2.97. The van der Waals surface area contributed by atoms with Crippen molar-refractivity contribution in [2.75, 3.05) is 20.1 Å². The van der Waals surface area contributed by atoms with Crippen LogP contribution in [0.25, 0.3) is 0 Å². The van der Waals surface area contributed by atoms with Crippen LogP contribution in [0.5, 0.6) is 0 Å². The Morgan fingerprint density at radius 3 is 2.76 bits per heavy atom. The normalized spacial score (nSPS) is 15.8. The van der Waals surface area contributed by atoms with E-state index in [-0.39, 0.29) is 5.56 Å². The third-order valence-electron chi connectivity index (χ3n) is 4.18. The van der Waals surface area contributed by atoms with Crippen LogP contribution in [0.3, 0.4) is 0 Å². The molecule has 116 valence electrons. The lowest BCUT2D eigenvalue weighted by molar-refractivity contribution is 0.0692. The highest BCUT2D eigenvalue weighted by molar-refractivity contribution is 5.87. The lowest BCUT2D eigenvalue weighted by Crippen LogP contribution is -2.35. The predicted octanol–water partition coefficient (Wildman–Crippen LogP) is 2.49. The molecule has 1 aliphatic rings. The van der Waals surface area contributed by atoms with E-state index in [1.165, 1.54) is 37.8 Å². The van der Waals surface area contributed by atoms with Gasteiger partial charge in [0.1, 0.15) is 5.82 Å². The molecular formula is C16H23FN2O2. The molecule has 1 saturated carbocycles. The van der Waals surface area contributed by atoms with E-state index in [1.54, 1.807) is 6.07 Å². The van der Waals surface area contributed by atoms with Crippen molar-refractivity contribution in [3.05, 3.63) is 35.1 Å². The number of carboxylic acids is 1. The Hall–Kier alpha value is -1.46. The SMILES string of the molecule is CN(CCNCc1ccc(C(=O)O)c(F)c1)C1CCCC1. The zero-order valence-electron chi connectivity index (χ0n) is 12.4. The Balaban J connectivity index is 1.73. The van der Waals surface area contributed by atoms with Crippen LogP contribution in [0.4, 0.5) is 4.39 Å². The van der Waals surface area contributed by atoms with Gasteiger partial charge in [-0.05, 0) is 37.6 Å². The molecule has 5 heteroatoms. The first kappa shape index (κ1) is 15.9. The van der Waals surface area contributed by atoms with Gasteiger partial charge in [0, 0.05) is 25.7 Å². The monoisotopic (exact) mass is 294 g/mol. The quantitative estimate of drug-likeness (QED) is 0.759. The van der Waals surface area contributed by atoms with Crippen molar-refractivity contribution >= 4 is 5.97 Å². The third kappa shape index (κ3) is 4.51. The average molecular weight is 294 g/mol. The van der Waals surface area contributed by atoms with Crippen LogP contribution in [0.1, 0.15) is 41.6 Å². The summed E-state index contributed by atoms with van der Waals surface area (Å²) >= 11 is 0. The van der Waals surface area contributed by atoms with E-state index in [0.29, 0.717) is 12.6 Å². The smallest absolute Gasteiger partial charge is 0.338 e. The van der Waals surface area contributed by atoms with Gasteiger partial charge < -0.3 is 15.3 Å². The van der Waals surface area contributed by atoms with Crippen molar-refractivity contribution in [1.82, 2.24) is 10.2 Å². The van der Waals surface area contributed by atoms with Crippen LogP contribution >= 0.6 is 0 Å². The largest absolute Gasteiger partial charge is 0.478 e. The third-order valence-corrected chi connectivity index (χ3v) is 4.18. The Bertz CT molecular complexity index is 487. The van der Waals surface area contributed by atoms with E-state index in [9.17, 15) is 9.18 Å². The second-order valence-corrected chi connectivity index (χ2v) is 5.72. The number of likely N-dealkylation sites (N-methyl/N-ethyl adjacent to an activating group) is 1. The van der Waals surface area contributed by atoms with Crippen LogP contribution < -0.4 is 5.32 Å². The maximum Gasteiger partial charge on any atom is 0.338 e. The molecule has 0 heterocycles. The van der Waals surface area contributed by atoms with Crippen LogP contribution in [-0.2, 0) is 6.54 Å². The number of aromatic carboxylic acids is 1. The highest BCUT2D eigenvalue weighted by atomic mass is 19.1. The number of nitrogens with zero attached hydrogens (tertiary/aromatic N) is 1. The minimum Gasteiger partial charge on any atom is -0.478 e. The number of carboxylic acid groups (broad SMARTS) is 1. The topological polar surface area (TPSA) is 52.6 Å². The van der Waals surface area contributed by atoms with Gasteiger partial charge in [-0.2, -0.15) is 0 Å². The van der Waals surface area contributed by atoms with E-state index in [1.807, 2.05) is 0 Å². The molecule has 0 radical (unpaired) electrons. The van der Waals surface area contributed by atoms with Crippen molar-refractivity contribution in [3.8, 4) is 0 Å². The van der Waals surface area contributed by atoms with E-state index in [4.69, 9.17) is 5.11 Å². The molecule has 0 saturated heterocycles. The molecule has 0 bridgehead atoms. The zero-order valence-corrected chi connectivity index (χ0v) is 12.4. The molecule has 1 aromatic rings. The molecule has 1 aromatic carbocycles. The molecule has 0 aliphatic heterocycles. The first-order valence-corrected chi connectivity index (χ1v) is 7.50. The molecule has 0 aromatic heterocycles. The lowest BCUT2D eigenvalue weighted by Gasteiger charge is -2.24. The highest BCUT2D eigenvalue weighted by Crippen LogP contribution is 2.21. The zero-order chi connectivity index (χ0) is 15.2. The number of nitrogens with one attached hydrogen (secondary N) is 1. The van der Waals surface area contributed by atoms with Gasteiger partial charge in [0.05, 0.1) is 5.56 Å². The van der Waals surface area contributed by atoms with Crippen LogP contribution in [-0.4, -0.2) is 42.2 Å². The summed E-state index contributed by atoms with van der Waals surface area (Å²) in [4.78, 5) is 13.1. The number of benzene rings is 1. The summed E-state index contributed by atoms with van der Waals surface area (Å²) in [7, 11) is 2.15. The standard InChI is InChI=1S/C16H23FN2O2/c1-19(13-4-2-3-5-13)9-8-18-11-12-6-7-14(16(20)21)15(17)10-12/h6-7,10,13,18H,2-5,8-9,11H2,1H3,(H,20,21). The summed E-state index contributed by atoms with van der Waals surface area (Å²) in [6.45, 7) is 2.37. The van der Waals surface area contributed by atoms with Crippen molar-refractivity contribution in [2.24, 2.45) is 0 Å². The second-order valence-electron chi connectivity index (χ2n) is 5.72. The van der Waals surface area contributed by atoms with Gasteiger partial charge in [0.15, 0.2) is 0 Å². The molecule has 1 fully saturated rings. The molecule has 0 amide bonds. The van der Waals surface area contributed by atoms with Crippen LogP contribution in [0.15, 0.2) is 18.2 Å². The minimum atomic E-state index is -1.23. The maximum atomic E-state index is 13.5.